The predicted octanol–water partition coefficient (Wildman–Crippen LogP) is -0.596. The van der Waals surface area contributed by atoms with Crippen LogP contribution in [0.4, 0.5) is 4.79 Å². The average Bonchev–Trinajstić information content (AvgIpc) is 1.85. The normalized spacial score (nSPS) is 31.4. The molecule has 2 atom stereocenters. The van der Waals surface area contributed by atoms with Crippen molar-refractivity contribution in [1.29, 1.82) is 0 Å². The Morgan fingerprint density at radius 3 is 2.82 bits per heavy atom. The summed E-state index contributed by atoms with van der Waals surface area (Å²) in [5, 5.41) is 19.6. The lowest BCUT2D eigenvalue weighted by atomic mass is 10.1. The van der Waals surface area contributed by atoms with Gasteiger partial charge < -0.3 is 20.3 Å². The molecule has 1 rings (SSSR count). The lowest BCUT2D eigenvalue weighted by Gasteiger charge is -2.25. The molecule has 0 aromatic carbocycles. The molecule has 11 heavy (non-hydrogen) atoms. The molecule has 3 N–H and O–H groups in total. The van der Waals surface area contributed by atoms with Gasteiger partial charge in [0.25, 0.3) is 0 Å². The van der Waals surface area contributed by atoms with Crippen LogP contribution in [-0.4, -0.2) is 41.7 Å². The van der Waals surface area contributed by atoms with Gasteiger partial charge in [-0.3, -0.25) is 0 Å². The Morgan fingerprint density at radius 1 is 1.55 bits per heavy atom. The summed E-state index contributed by atoms with van der Waals surface area (Å²) in [6.07, 6.45) is -1.18. The van der Waals surface area contributed by atoms with Gasteiger partial charge in [0.1, 0.15) is 0 Å². The first-order valence-corrected chi connectivity index (χ1v) is 3.43. The number of hydrogen-bond acceptors (Lipinski definition) is 3. The first-order chi connectivity index (χ1) is 5.18. The standard InChI is InChI=1S/C6H11NO4/c8-5-1-4(2-11-3-5)7-6(9)10/h4-5,7-8H,1-3H2,(H,9,10)/t4-,5+/m0/s1. The van der Waals surface area contributed by atoms with Crippen LogP contribution < -0.4 is 5.32 Å². The quantitative estimate of drug-likeness (QED) is 0.480. The molecular formula is C6H11NO4. The summed E-state index contributed by atoms with van der Waals surface area (Å²) in [6.45, 7) is 0.654. The van der Waals surface area contributed by atoms with E-state index in [4.69, 9.17) is 14.9 Å². The Kier molecular flexibility index (Phi) is 2.67. The van der Waals surface area contributed by atoms with E-state index in [1.807, 2.05) is 0 Å². The van der Waals surface area contributed by atoms with Crippen molar-refractivity contribution < 1.29 is 19.7 Å². The highest BCUT2D eigenvalue weighted by Gasteiger charge is 2.21. The van der Waals surface area contributed by atoms with Crippen LogP contribution in [0.15, 0.2) is 0 Å². The maximum atomic E-state index is 10.1. The van der Waals surface area contributed by atoms with E-state index in [0.717, 1.165) is 0 Å². The predicted molar refractivity (Wildman–Crippen MR) is 36.4 cm³/mol. The molecular weight excluding hydrogens is 150 g/mol. The van der Waals surface area contributed by atoms with Gasteiger partial charge in [-0.2, -0.15) is 0 Å². The van der Waals surface area contributed by atoms with Gasteiger partial charge in [-0.25, -0.2) is 4.79 Å². The molecule has 0 aromatic rings. The first-order valence-electron chi connectivity index (χ1n) is 3.43. The fraction of sp³-hybridized carbons (Fsp3) is 0.833. The number of nitrogens with one attached hydrogen (secondary N) is 1. The summed E-state index contributed by atoms with van der Waals surface area (Å²) in [6, 6.07) is -0.267. The van der Waals surface area contributed by atoms with E-state index in [1.54, 1.807) is 0 Å². The van der Waals surface area contributed by atoms with Gasteiger partial charge in [0.15, 0.2) is 0 Å². The second kappa shape index (κ2) is 3.54. The van der Waals surface area contributed by atoms with E-state index < -0.39 is 12.2 Å². The number of aliphatic hydroxyl groups excluding tert-OH is 1. The van der Waals surface area contributed by atoms with Crippen molar-refractivity contribution in [2.24, 2.45) is 0 Å². The number of amides is 1. The van der Waals surface area contributed by atoms with Crippen LogP contribution in [0, 0.1) is 0 Å². The van der Waals surface area contributed by atoms with Crippen LogP contribution in [0.1, 0.15) is 6.42 Å². The Hall–Kier alpha value is -0.810. The fourth-order valence-corrected chi connectivity index (χ4v) is 1.09. The second-order valence-corrected chi connectivity index (χ2v) is 2.57. The highest BCUT2D eigenvalue weighted by molar-refractivity contribution is 5.64. The highest BCUT2D eigenvalue weighted by atomic mass is 16.5. The van der Waals surface area contributed by atoms with Gasteiger partial charge in [-0.05, 0) is 6.42 Å². The molecule has 0 aliphatic carbocycles. The van der Waals surface area contributed by atoms with E-state index in [1.165, 1.54) is 0 Å². The molecule has 1 saturated heterocycles. The van der Waals surface area contributed by atoms with Crippen molar-refractivity contribution >= 4 is 6.09 Å². The third-order valence-corrected chi connectivity index (χ3v) is 1.51. The zero-order chi connectivity index (χ0) is 8.27. The zero-order valence-electron chi connectivity index (χ0n) is 5.99. The van der Waals surface area contributed by atoms with E-state index >= 15 is 0 Å². The van der Waals surface area contributed by atoms with Crippen molar-refractivity contribution in [3.05, 3.63) is 0 Å². The van der Waals surface area contributed by atoms with Crippen LogP contribution >= 0.6 is 0 Å². The molecule has 0 saturated carbocycles. The molecule has 1 aliphatic heterocycles. The minimum atomic E-state index is -1.08. The molecule has 64 valence electrons. The number of aliphatic hydroxyl groups is 1. The van der Waals surface area contributed by atoms with Crippen LogP contribution in [0.2, 0.25) is 0 Å². The summed E-state index contributed by atoms with van der Waals surface area (Å²) in [7, 11) is 0. The zero-order valence-corrected chi connectivity index (χ0v) is 5.99. The number of rotatable bonds is 1. The largest absolute Gasteiger partial charge is 0.465 e. The third-order valence-electron chi connectivity index (χ3n) is 1.51. The number of ether oxygens (including phenoxy) is 1. The Bertz CT molecular complexity index is 150. The minimum absolute atomic E-state index is 0.267. The van der Waals surface area contributed by atoms with Crippen LogP contribution in [0.3, 0.4) is 0 Å². The lowest BCUT2D eigenvalue weighted by Crippen LogP contribution is -2.44. The summed E-state index contributed by atoms with van der Waals surface area (Å²) < 4.78 is 4.92. The van der Waals surface area contributed by atoms with Crippen LogP contribution in [0.5, 0.6) is 0 Å². The van der Waals surface area contributed by atoms with Crippen LogP contribution in [-0.2, 0) is 4.74 Å². The van der Waals surface area contributed by atoms with Crippen molar-refractivity contribution in [1.82, 2.24) is 5.32 Å². The molecule has 0 aromatic heterocycles. The maximum Gasteiger partial charge on any atom is 0.404 e. The highest BCUT2D eigenvalue weighted by Crippen LogP contribution is 2.06. The van der Waals surface area contributed by atoms with Crippen molar-refractivity contribution in [2.45, 2.75) is 18.6 Å². The molecule has 0 radical (unpaired) electrons. The fourth-order valence-electron chi connectivity index (χ4n) is 1.09. The van der Waals surface area contributed by atoms with Gasteiger partial charge >= 0.3 is 6.09 Å². The number of carboxylic acid groups (broad SMARTS) is 1. The Balaban J connectivity index is 2.28. The molecule has 1 aliphatic rings. The average molecular weight is 161 g/mol. The van der Waals surface area contributed by atoms with Gasteiger partial charge in [0.2, 0.25) is 0 Å². The first kappa shape index (κ1) is 8.29. The third kappa shape index (κ3) is 2.73. The number of hydrogen-bond donors (Lipinski definition) is 3. The van der Waals surface area contributed by atoms with Gasteiger partial charge in [-0.1, -0.05) is 0 Å². The molecule has 5 nitrogen and oxygen atoms in total. The lowest BCUT2D eigenvalue weighted by molar-refractivity contribution is -0.0218. The van der Waals surface area contributed by atoms with Gasteiger partial charge in [0.05, 0.1) is 25.4 Å². The second-order valence-electron chi connectivity index (χ2n) is 2.57. The monoisotopic (exact) mass is 161 g/mol. The maximum absolute atomic E-state index is 10.1. The summed E-state index contributed by atoms with van der Waals surface area (Å²) in [5.41, 5.74) is 0. The van der Waals surface area contributed by atoms with E-state index in [9.17, 15) is 4.79 Å². The van der Waals surface area contributed by atoms with E-state index in [0.29, 0.717) is 19.6 Å². The Morgan fingerprint density at radius 2 is 2.27 bits per heavy atom. The topological polar surface area (TPSA) is 78.8 Å². The smallest absolute Gasteiger partial charge is 0.404 e. The molecule has 5 heteroatoms. The van der Waals surface area contributed by atoms with E-state index in [2.05, 4.69) is 5.32 Å². The molecule has 0 unspecified atom stereocenters. The Labute approximate surface area is 64.0 Å². The molecule has 0 spiro atoms. The van der Waals surface area contributed by atoms with Gasteiger partial charge in [0, 0.05) is 0 Å². The summed E-state index contributed by atoms with van der Waals surface area (Å²) in [5.74, 6) is 0. The molecule has 0 bridgehead atoms. The summed E-state index contributed by atoms with van der Waals surface area (Å²) in [4.78, 5) is 10.1. The summed E-state index contributed by atoms with van der Waals surface area (Å²) >= 11 is 0. The van der Waals surface area contributed by atoms with Crippen molar-refractivity contribution in [3.63, 3.8) is 0 Å². The van der Waals surface area contributed by atoms with Crippen molar-refractivity contribution in [2.75, 3.05) is 13.2 Å². The molecule has 1 fully saturated rings. The van der Waals surface area contributed by atoms with Crippen molar-refractivity contribution in [3.8, 4) is 0 Å². The van der Waals surface area contributed by atoms with Gasteiger partial charge in [-0.15, -0.1) is 0 Å². The van der Waals surface area contributed by atoms with Crippen LogP contribution in [0.25, 0.3) is 0 Å². The molecule has 1 heterocycles. The molecule has 1 amide bonds. The van der Waals surface area contributed by atoms with E-state index in [-0.39, 0.29) is 6.04 Å². The minimum Gasteiger partial charge on any atom is -0.465 e. The number of carbonyl (C=O) groups is 1. The SMILES string of the molecule is O=C(O)N[C@@H]1COC[C@H](O)C1.